The number of likely N-dealkylation sites (tertiary alicyclic amines) is 1. The Hall–Kier alpha value is -1.40. The maximum Gasteiger partial charge on any atom is 0.224 e. The number of hydrogen-bond donors (Lipinski definition) is 1. The number of carbonyl (C=O) groups excluding carboxylic acids is 1. The minimum atomic E-state index is 0.0306. The standard InChI is InChI=1S/C17H25N3O3/c1-11-6-13(19-23-11)8-20-9-15(14-4-5-22-16(14)10-20)17(21)18-7-12-2-3-12/h6,12,14-16H,2-5,7-10H2,1H3,(H,18,21)/t14-,15+,16+/m1/s1. The summed E-state index contributed by atoms with van der Waals surface area (Å²) in [5.41, 5.74) is 0.927. The molecule has 0 bridgehead atoms. The van der Waals surface area contributed by atoms with Gasteiger partial charge in [-0.05, 0) is 32.1 Å². The van der Waals surface area contributed by atoms with E-state index in [1.165, 1.54) is 12.8 Å². The van der Waals surface area contributed by atoms with Gasteiger partial charge in [-0.1, -0.05) is 5.16 Å². The first-order valence-electron chi connectivity index (χ1n) is 8.73. The van der Waals surface area contributed by atoms with E-state index in [-0.39, 0.29) is 17.9 Å². The maximum absolute atomic E-state index is 12.6. The Morgan fingerprint density at radius 1 is 1.39 bits per heavy atom. The highest BCUT2D eigenvalue weighted by atomic mass is 16.5. The third-order valence-corrected chi connectivity index (χ3v) is 5.33. The molecule has 1 aromatic rings. The van der Waals surface area contributed by atoms with Crippen LogP contribution in [0.25, 0.3) is 0 Å². The molecule has 126 valence electrons. The minimum absolute atomic E-state index is 0.0306. The van der Waals surface area contributed by atoms with Crippen molar-refractivity contribution < 1.29 is 14.1 Å². The molecule has 1 N–H and O–H groups in total. The zero-order valence-corrected chi connectivity index (χ0v) is 13.7. The van der Waals surface area contributed by atoms with Gasteiger partial charge in [0.05, 0.1) is 17.7 Å². The quantitative estimate of drug-likeness (QED) is 0.887. The Labute approximate surface area is 136 Å². The van der Waals surface area contributed by atoms with Gasteiger partial charge in [0.2, 0.25) is 5.91 Å². The molecule has 1 aromatic heterocycles. The van der Waals surface area contributed by atoms with Crippen molar-refractivity contribution in [3.8, 4) is 0 Å². The van der Waals surface area contributed by atoms with Crippen molar-refractivity contribution in [2.45, 2.75) is 38.8 Å². The van der Waals surface area contributed by atoms with Crippen molar-refractivity contribution in [3.63, 3.8) is 0 Å². The van der Waals surface area contributed by atoms with E-state index in [0.29, 0.717) is 11.8 Å². The molecule has 1 saturated carbocycles. The van der Waals surface area contributed by atoms with Crippen LogP contribution in [0.4, 0.5) is 0 Å². The third kappa shape index (κ3) is 3.43. The normalized spacial score (nSPS) is 31.1. The lowest BCUT2D eigenvalue weighted by molar-refractivity contribution is -0.131. The van der Waals surface area contributed by atoms with E-state index in [1.54, 1.807) is 0 Å². The van der Waals surface area contributed by atoms with E-state index in [0.717, 1.165) is 50.7 Å². The SMILES string of the molecule is Cc1cc(CN2C[C@@H]3OCC[C@@H]3[C@@H](C(=O)NCC3CC3)C2)no1. The highest BCUT2D eigenvalue weighted by Gasteiger charge is 2.44. The Morgan fingerprint density at radius 2 is 2.26 bits per heavy atom. The first-order chi connectivity index (χ1) is 11.2. The highest BCUT2D eigenvalue weighted by molar-refractivity contribution is 5.79. The number of fused-ring (bicyclic) bond motifs is 1. The molecular formula is C17H25N3O3. The van der Waals surface area contributed by atoms with Crippen molar-refractivity contribution in [2.75, 3.05) is 26.2 Å². The second kappa shape index (κ2) is 6.24. The number of amides is 1. The largest absolute Gasteiger partial charge is 0.377 e. The third-order valence-electron chi connectivity index (χ3n) is 5.33. The Kier molecular flexibility index (Phi) is 4.11. The summed E-state index contributed by atoms with van der Waals surface area (Å²) in [6, 6.07) is 1.96. The van der Waals surface area contributed by atoms with E-state index in [9.17, 15) is 4.79 Å². The maximum atomic E-state index is 12.6. The van der Waals surface area contributed by atoms with Gasteiger partial charge in [0.15, 0.2) is 0 Å². The van der Waals surface area contributed by atoms with E-state index >= 15 is 0 Å². The van der Waals surface area contributed by atoms with Crippen LogP contribution in [-0.2, 0) is 16.1 Å². The fourth-order valence-corrected chi connectivity index (χ4v) is 3.88. The number of hydrogen-bond acceptors (Lipinski definition) is 5. The minimum Gasteiger partial charge on any atom is -0.377 e. The molecule has 6 nitrogen and oxygen atoms in total. The number of carbonyl (C=O) groups is 1. The van der Waals surface area contributed by atoms with Crippen LogP contribution in [-0.4, -0.2) is 48.3 Å². The summed E-state index contributed by atoms with van der Waals surface area (Å²) in [7, 11) is 0. The fraction of sp³-hybridized carbons (Fsp3) is 0.765. The summed E-state index contributed by atoms with van der Waals surface area (Å²) >= 11 is 0. The van der Waals surface area contributed by atoms with E-state index in [2.05, 4.69) is 15.4 Å². The lowest BCUT2D eigenvalue weighted by atomic mass is 9.82. The van der Waals surface area contributed by atoms with E-state index in [1.807, 2.05) is 13.0 Å². The Bertz CT molecular complexity index is 569. The summed E-state index contributed by atoms with van der Waals surface area (Å²) in [6.45, 7) is 5.90. The fourth-order valence-electron chi connectivity index (χ4n) is 3.88. The van der Waals surface area contributed by atoms with Crippen LogP contribution in [0.2, 0.25) is 0 Å². The molecule has 3 aliphatic rings. The summed E-state index contributed by atoms with van der Waals surface area (Å²) in [4.78, 5) is 14.9. The average molecular weight is 319 g/mol. The van der Waals surface area contributed by atoms with Gasteiger partial charge in [0.1, 0.15) is 5.76 Å². The zero-order chi connectivity index (χ0) is 15.8. The molecule has 1 amide bonds. The van der Waals surface area contributed by atoms with Gasteiger partial charge >= 0.3 is 0 Å². The molecule has 2 saturated heterocycles. The number of ether oxygens (including phenoxy) is 1. The van der Waals surface area contributed by atoms with Crippen LogP contribution < -0.4 is 5.32 Å². The van der Waals surface area contributed by atoms with Gasteiger partial charge in [-0.3, -0.25) is 9.69 Å². The van der Waals surface area contributed by atoms with Gasteiger partial charge in [0.25, 0.3) is 0 Å². The number of rotatable bonds is 5. The van der Waals surface area contributed by atoms with Crippen LogP contribution in [0, 0.1) is 24.7 Å². The number of aryl methyl sites for hydroxylation is 1. The molecule has 3 fully saturated rings. The molecule has 3 heterocycles. The first-order valence-corrected chi connectivity index (χ1v) is 8.73. The van der Waals surface area contributed by atoms with Crippen LogP contribution in [0.1, 0.15) is 30.7 Å². The molecule has 0 radical (unpaired) electrons. The van der Waals surface area contributed by atoms with Gasteiger partial charge < -0.3 is 14.6 Å². The Morgan fingerprint density at radius 3 is 3.00 bits per heavy atom. The number of nitrogens with one attached hydrogen (secondary N) is 1. The van der Waals surface area contributed by atoms with E-state index in [4.69, 9.17) is 9.26 Å². The second-order valence-electron chi connectivity index (χ2n) is 7.28. The summed E-state index contributed by atoms with van der Waals surface area (Å²) in [6.07, 6.45) is 3.70. The molecule has 2 aliphatic heterocycles. The molecule has 6 heteroatoms. The molecule has 4 rings (SSSR count). The molecule has 0 unspecified atom stereocenters. The lowest BCUT2D eigenvalue weighted by Gasteiger charge is -2.39. The van der Waals surface area contributed by atoms with Crippen LogP contribution >= 0.6 is 0 Å². The van der Waals surface area contributed by atoms with E-state index < -0.39 is 0 Å². The summed E-state index contributed by atoms with van der Waals surface area (Å²) in [5.74, 6) is 2.14. The predicted molar refractivity (Wildman–Crippen MR) is 83.6 cm³/mol. The smallest absolute Gasteiger partial charge is 0.224 e. The molecule has 0 aromatic carbocycles. The zero-order valence-electron chi connectivity index (χ0n) is 13.7. The molecule has 3 atom stereocenters. The van der Waals surface area contributed by atoms with Gasteiger partial charge in [0, 0.05) is 44.8 Å². The van der Waals surface area contributed by atoms with Crippen LogP contribution in [0.3, 0.4) is 0 Å². The monoisotopic (exact) mass is 319 g/mol. The average Bonchev–Trinajstić information content (AvgIpc) is 3.10. The van der Waals surface area contributed by atoms with Crippen LogP contribution in [0.15, 0.2) is 10.6 Å². The van der Waals surface area contributed by atoms with Gasteiger partial charge in [-0.2, -0.15) is 0 Å². The predicted octanol–water partition coefficient (Wildman–Crippen LogP) is 1.35. The van der Waals surface area contributed by atoms with Crippen molar-refractivity contribution >= 4 is 5.91 Å². The van der Waals surface area contributed by atoms with Gasteiger partial charge in [-0.15, -0.1) is 0 Å². The lowest BCUT2D eigenvalue weighted by Crippen LogP contribution is -2.52. The molecule has 0 spiro atoms. The summed E-state index contributed by atoms with van der Waals surface area (Å²) in [5, 5.41) is 7.24. The first kappa shape index (κ1) is 15.1. The molecule has 1 aliphatic carbocycles. The Balaban J connectivity index is 1.41. The number of piperidine rings is 1. The molecule has 23 heavy (non-hydrogen) atoms. The van der Waals surface area contributed by atoms with Crippen molar-refractivity contribution in [1.82, 2.24) is 15.4 Å². The van der Waals surface area contributed by atoms with Crippen LogP contribution in [0.5, 0.6) is 0 Å². The molecular weight excluding hydrogens is 294 g/mol. The van der Waals surface area contributed by atoms with Crippen molar-refractivity contribution in [3.05, 3.63) is 17.5 Å². The number of aromatic nitrogens is 1. The highest BCUT2D eigenvalue weighted by Crippen LogP contribution is 2.35. The topological polar surface area (TPSA) is 67.6 Å². The van der Waals surface area contributed by atoms with Gasteiger partial charge in [-0.25, -0.2) is 0 Å². The van der Waals surface area contributed by atoms with Crippen molar-refractivity contribution in [2.24, 2.45) is 17.8 Å². The summed E-state index contributed by atoms with van der Waals surface area (Å²) < 4.78 is 11.0. The second-order valence-corrected chi connectivity index (χ2v) is 7.28. The van der Waals surface area contributed by atoms with Crippen molar-refractivity contribution in [1.29, 1.82) is 0 Å². The number of nitrogens with zero attached hydrogens (tertiary/aromatic N) is 2.